The van der Waals surface area contributed by atoms with Gasteiger partial charge in [0.15, 0.2) is 0 Å². The van der Waals surface area contributed by atoms with Crippen LogP contribution in [0, 0.1) is 0 Å². The molecule has 0 radical (unpaired) electrons. The fraction of sp³-hybridized carbons (Fsp3) is 0.333. The summed E-state index contributed by atoms with van der Waals surface area (Å²) < 4.78 is 32.0. The van der Waals surface area contributed by atoms with Gasteiger partial charge in [-0.25, -0.2) is 9.59 Å². The first-order chi connectivity index (χ1) is 15.6. The van der Waals surface area contributed by atoms with E-state index in [9.17, 15) is 9.59 Å². The summed E-state index contributed by atoms with van der Waals surface area (Å²) in [7, 11) is 0. The van der Waals surface area contributed by atoms with Gasteiger partial charge in [0.05, 0.1) is 26.4 Å². The van der Waals surface area contributed by atoms with Gasteiger partial charge in [-0.15, -0.1) is 0 Å². The number of hydrogen-bond acceptors (Lipinski definition) is 8. The molecule has 0 unspecified atom stereocenters. The minimum Gasteiger partial charge on any atom is -0.491 e. The van der Waals surface area contributed by atoms with Crippen molar-refractivity contribution in [2.24, 2.45) is 0 Å². The van der Waals surface area contributed by atoms with E-state index in [0.717, 1.165) is 28.7 Å². The molecule has 172 valence electrons. The van der Waals surface area contributed by atoms with E-state index in [4.69, 9.17) is 28.4 Å². The van der Waals surface area contributed by atoms with E-state index >= 15 is 0 Å². The maximum Gasteiger partial charge on any atom is 0.330 e. The smallest absolute Gasteiger partial charge is 0.330 e. The first kappa shape index (κ1) is 24.9. The quantitative estimate of drug-likeness (QED) is 0.222. The van der Waals surface area contributed by atoms with E-state index < -0.39 is 11.9 Å². The van der Waals surface area contributed by atoms with Crippen molar-refractivity contribution < 1.29 is 38.0 Å². The monoisotopic (exact) mass is 444 g/mol. The Hall–Kier alpha value is -3.36. The van der Waals surface area contributed by atoms with Crippen LogP contribution in [-0.2, 0) is 28.5 Å². The molecule has 2 aromatic carbocycles. The first-order valence-electron chi connectivity index (χ1n) is 10.2. The molecule has 0 aliphatic carbocycles. The highest BCUT2D eigenvalue weighted by Crippen LogP contribution is 2.29. The molecule has 0 atom stereocenters. The molecule has 2 rings (SSSR count). The zero-order valence-corrected chi connectivity index (χ0v) is 18.0. The van der Waals surface area contributed by atoms with Gasteiger partial charge >= 0.3 is 11.9 Å². The van der Waals surface area contributed by atoms with Gasteiger partial charge in [0.25, 0.3) is 0 Å². The molecule has 0 spiro atoms. The summed E-state index contributed by atoms with van der Waals surface area (Å²) in [4.78, 5) is 21.9. The second kappa shape index (κ2) is 14.6. The Balaban J connectivity index is 1.73. The lowest BCUT2D eigenvalue weighted by Gasteiger charge is -2.12. The van der Waals surface area contributed by atoms with E-state index in [0.29, 0.717) is 32.2 Å². The SMILES string of the molecule is C=CC(=O)OCCOCCOc1ccc2cccc(OCCOCCOC(=O)C=C)c2c1. The van der Waals surface area contributed by atoms with Gasteiger partial charge in [0.1, 0.15) is 37.9 Å². The van der Waals surface area contributed by atoms with Crippen LogP contribution in [0.15, 0.2) is 61.7 Å². The van der Waals surface area contributed by atoms with E-state index in [1.807, 2.05) is 36.4 Å². The molecule has 0 aromatic heterocycles. The average molecular weight is 444 g/mol. The summed E-state index contributed by atoms with van der Waals surface area (Å²) in [5.74, 6) is 0.462. The highest BCUT2D eigenvalue weighted by Gasteiger charge is 2.05. The zero-order chi connectivity index (χ0) is 23.0. The number of benzene rings is 2. The molecule has 0 saturated heterocycles. The Bertz CT molecular complexity index is 893. The summed E-state index contributed by atoms with van der Waals surface area (Å²) >= 11 is 0. The highest BCUT2D eigenvalue weighted by atomic mass is 16.6. The summed E-state index contributed by atoms with van der Waals surface area (Å²) in [6, 6.07) is 11.5. The molecular weight excluding hydrogens is 416 g/mol. The summed E-state index contributed by atoms with van der Waals surface area (Å²) in [5.41, 5.74) is 0. The van der Waals surface area contributed by atoms with Crippen molar-refractivity contribution in [1.29, 1.82) is 0 Å². The standard InChI is InChI=1S/C24H28O8/c1-3-23(25)31-16-12-27-10-14-29-20-9-8-19-6-5-7-22(21(19)18-20)30-15-11-28-13-17-32-24(26)4-2/h3-9,18H,1-2,10-17H2. The molecule has 0 N–H and O–H groups in total. The van der Waals surface area contributed by atoms with Gasteiger partial charge < -0.3 is 28.4 Å². The molecule has 2 aromatic rings. The number of carbonyl (C=O) groups excluding carboxylic acids is 2. The second-order valence-corrected chi connectivity index (χ2v) is 6.30. The summed E-state index contributed by atoms with van der Waals surface area (Å²) in [6.45, 7) is 8.99. The zero-order valence-electron chi connectivity index (χ0n) is 18.0. The fourth-order valence-corrected chi connectivity index (χ4v) is 2.59. The maximum atomic E-state index is 10.9. The van der Waals surface area contributed by atoms with Gasteiger partial charge in [-0.05, 0) is 23.6 Å². The Morgan fingerprint density at radius 1 is 0.719 bits per heavy atom. The van der Waals surface area contributed by atoms with Gasteiger partial charge in [0.2, 0.25) is 0 Å². The van der Waals surface area contributed by atoms with Crippen LogP contribution < -0.4 is 9.47 Å². The van der Waals surface area contributed by atoms with Gasteiger partial charge in [-0.1, -0.05) is 31.4 Å². The van der Waals surface area contributed by atoms with E-state index in [-0.39, 0.29) is 26.4 Å². The van der Waals surface area contributed by atoms with Crippen LogP contribution in [-0.4, -0.2) is 64.8 Å². The third kappa shape index (κ3) is 9.20. The van der Waals surface area contributed by atoms with Crippen LogP contribution in [0.3, 0.4) is 0 Å². The third-order valence-electron chi connectivity index (χ3n) is 4.07. The van der Waals surface area contributed by atoms with Gasteiger partial charge in [-0.3, -0.25) is 0 Å². The van der Waals surface area contributed by atoms with E-state index in [1.54, 1.807) is 0 Å². The average Bonchev–Trinajstić information content (AvgIpc) is 2.82. The van der Waals surface area contributed by atoms with Crippen LogP contribution >= 0.6 is 0 Å². The molecule has 0 heterocycles. The number of esters is 2. The van der Waals surface area contributed by atoms with Crippen molar-refractivity contribution in [3.8, 4) is 11.5 Å². The minimum absolute atomic E-state index is 0.170. The molecule has 0 aliphatic rings. The maximum absolute atomic E-state index is 10.9. The van der Waals surface area contributed by atoms with Crippen LogP contribution in [0.1, 0.15) is 0 Å². The minimum atomic E-state index is -0.473. The predicted molar refractivity (Wildman–Crippen MR) is 119 cm³/mol. The van der Waals surface area contributed by atoms with Crippen molar-refractivity contribution in [3.05, 3.63) is 61.7 Å². The Morgan fingerprint density at radius 3 is 1.94 bits per heavy atom. The summed E-state index contributed by atoms with van der Waals surface area (Å²) in [6.07, 6.45) is 2.22. The molecular formula is C24H28O8. The largest absolute Gasteiger partial charge is 0.491 e. The number of ether oxygens (including phenoxy) is 6. The molecule has 0 aliphatic heterocycles. The van der Waals surface area contributed by atoms with Crippen LogP contribution in [0.2, 0.25) is 0 Å². The summed E-state index contributed by atoms with van der Waals surface area (Å²) in [5, 5.41) is 1.94. The lowest BCUT2D eigenvalue weighted by atomic mass is 10.1. The van der Waals surface area contributed by atoms with Crippen LogP contribution in [0.5, 0.6) is 11.5 Å². The highest BCUT2D eigenvalue weighted by molar-refractivity contribution is 5.89. The lowest BCUT2D eigenvalue weighted by Crippen LogP contribution is -2.12. The number of hydrogen-bond donors (Lipinski definition) is 0. The molecule has 8 nitrogen and oxygen atoms in total. The third-order valence-corrected chi connectivity index (χ3v) is 4.07. The van der Waals surface area contributed by atoms with Crippen molar-refractivity contribution >= 4 is 22.7 Å². The van der Waals surface area contributed by atoms with Gasteiger partial charge in [-0.2, -0.15) is 0 Å². The first-order valence-corrected chi connectivity index (χ1v) is 10.2. The number of fused-ring (bicyclic) bond motifs is 1. The number of carbonyl (C=O) groups is 2. The Kier molecular flexibility index (Phi) is 11.4. The van der Waals surface area contributed by atoms with Crippen molar-refractivity contribution in [1.82, 2.24) is 0 Å². The molecule has 0 fully saturated rings. The number of rotatable bonds is 16. The second-order valence-electron chi connectivity index (χ2n) is 6.30. The van der Waals surface area contributed by atoms with E-state index in [2.05, 4.69) is 13.2 Å². The van der Waals surface area contributed by atoms with Gasteiger partial charge in [0, 0.05) is 17.5 Å². The molecule has 0 amide bonds. The fourth-order valence-electron chi connectivity index (χ4n) is 2.59. The molecule has 32 heavy (non-hydrogen) atoms. The van der Waals surface area contributed by atoms with Crippen molar-refractivity contribution in [2.45, 2.75) is 0 Å². The van der Waals surface area contributed by atoms with Crippen LogP contribution in [0.4, 0.5) is 0 Å². The molecule has 8 heteroatoms. The lowest BCUT2D eigenvalue weighted by molar-refractivity contribution is -0.140. The Labute approximate surface area is 187 Å². The normalized spacial score (nSPS) is 10.4. The molecule has 0 saturated carbocycles. The van der Waals surface area contributed by atoms with Crippen molar-refractivity contribution in [2.75, 3.05) is 52.9 Å². The van der Waals surface area contributed by atoms with Crippen LogP contribution in [0.25, 0.3) is 10.8 Å². The Morgan fingerprint density at radius 2 is 1.31 bits per heavy atom. The topological polar surface area (TPSA) is 89.5 Å². The molecule has 0 bridgehead atoms. The van der Waals surface area contributed by atoms with Crippen molar-refractivity contribution in [3.63, 3.8) is 0 Å². The van der Waals surface area contributed by atoms with E-state index in [1.165, 1.54) is 0 Å². The predicted octanol–water partition coefficient (Wildman–Crippen LogP) is 3.09.